The Morgan fingerprint density at radius 3 is 2.73 bits per heavy atom. The van der Waals surface area contributed by atoms with Crippen LogP contribution in [0.2, 0.25) is 0 Å². The van der Waals surface area contributed by atoms with Gasteiger partial charge in [-0.25, -0.2) is 4.98 Å². The summed E-state index contributed by atoms with van der Waals surface area (Å²) in [6.07, 6.45) is 3.37. The number of thiazole rings is 1. The van der Waals surface area contributed by atoms with Crippen molar-refractivity contribution in [3.05, 3.63) is 64.5 Å². The molecular weight excluding hydrogens is 312 g/mol. The highest BCUT2D eigenvalue weighted by atomic mass is 32.1. The van der Waals surface area contributed by atoms with Gasteiger partial charge in [0.05, 0.1) is 5.69 Å². The van der Waals surface area contributed by atoms with Crippen LogP contribution < -0.4 is 5.32 Å². The van der Waals surface area contributed by atoms with Gasteiger partial charge in [0.15, 0.2) is 5.13 Å². The molecule has 2 aromatic heterocycles. The number of carbonyl (C=O) groups excluding carboxylic acids is 1. The van der Waals surface area contributed by atoms with Crippen molar-refractivity contribution < 1.29 is 4.79 Å². The molecule has 0 saturated heterocycles. The first-order chi connectivity index (χ1) is 10.7. The SMILES string of the molecule is Cc1csc(NC(=O)/C=C/c2ccc(-c3ccccc3)s2)n1. The molecule has 0 aliphatic carbocycles. The maximum absolute atomic E-state index is 11.8. The number of hydrogen-bond acceptors (Lipinski definition) is 4. The highest BCUT2D eigenvalue weighted by molar-refractivity contribution is 7.16. The lowest BCUT2D eigenvalue weighted by atomic mass is 10.2. The van der Waals surface area contributed by atoms with Gasteiger partial charge in [0.2, 0.25) is 5.91 Å². The van der Waals surface area contributed by atoms with E-state index >= 15 is 0 Å². The summed E-state index contributed by atoms with van der Waals surface area (Å²) < 4.78 is 0. The number of benzene rings is 1. The predicted molar refractivity (Wildman–Crippen MR) is 94.3 cm³/mol. The second-order valence-electron chi connectivity index (χ2n) is 4.68. The molecule has 22 heavy (non-hydrogen) atoms. The number of thiophene rings is 1. The Balaban J connectivity index is 1.66. The number of aromatic nitrogens is 1. The average Bonchev–Trinajstić information content (AvgIpc) is 3.15. The summed E-state index contributed by atoms with van der Waals surface area (Å²) in [5.74, 6) is -0.163. The van der Waals surface area contributed by atoms with Crippen molar-refractivity contribution in [2.24, 2.45) is 0 Å². The van der Waals surface area contributed by atoms with E-state index in [0.29, 0.717) is 5.13 Å². The first kappa shape index (κ1) is 14.7. The number of carbonyl (C=O) groups is 1. The van der Waals surface area contributed by atoms with E-state index in [2.05, 4.69) is 28.5 Å². The molecule has 2 heterocycles. The largest absolute Gasteiger partial charge is 0.298 e. The van der Waals surface area contributed by atoms with E-state index in [1.54, 1.807) is 11.3 Å². The third-order valence-corrected chi connectivity index (χ3v) is 4.91. The highest BCUT2D eigenvalue weighted by Crippen LogP contribution is 2.28. The molecule has 5 heteroatoms. The lowest BCUT2D eigenvalue weighted by molar-refractivity contribution is -0.111. The zero-order valence-corrected chi connectivity index (χ0v) is 13.6. The van der Waals surface area contributed by atoms with Crippen LogP contribution in [0, 0.1) is 6.92 Å². The lowest BCUT2D eigenvalue weighted by Crippen LogP contribution is -2.07. The number of amides is 1. The molecule has 0 bridgehead atoms. The zero-order valence-electron chi connectivity index (χ0n) is 11.9. The van der Waals surface area contributed by atoms with E-state index in [4.69, 9.17) is 0 Å². The minimum Gasteiger partial charge on any atom is -0.298 e. The lowest BCUT2D eigenvalue weighted by Gasteiger charge is -1.95. The molecule has 0 spiro atoms. The fraction of sp³-hybridized carbons (Fsp3) is 0.0588. The van der Waals surface area contributed by atoms with Gasteiger partial charge in [-0.3, -0.25) is 10.1 Å². The van der Waals surface area contributed by atoms with Crippen LogP contribution in [0.25, 0.3) is 16.5 Å². The average molecular weight is 326 g/mol. The summed E-state index contributed by atoms with van der Waals surface area (Å²) in [5.41, 5.74) is 2.10. The molecule has 0 fully saturated rings. The smallest absolute Gasteiger partial charge is 0.250 e. The third-order valence-electron chi connectivity index (χ3n) is 2.93. The molecule has 0 atom stereocenters. The summed E-state index contributed by atoms with van der Waals surface area (Å²) in [6, 6.07) is 14.3. The summed E-state index contributed by atoms with van der Waals surface area (Å²) in [6.45, 7) is 1.90. The molecule has 3 aromatic rings. The molecule has 1 aromatic carbocycles. The van der Waals surface area contributed by atoms with Gasteiger partial charge in [-0.15, -0.1) is 22.7 Å². The van der Waals surface area contributed by atoms with Gasteiger partial charge in [0.1, 0.15) is 0 Å². The Labute approximate surface area is 137 Å². The summed E-state index contributed by atoms with van der Waals surface area (Å²) in [7, 11) is 0. The second-order valence-corrected chi connectivity index (χ2v) is 6.66. The topological polar surface area (TPSA) is 42.0 Å². The molecule has 0 unspecified atom stereocenters. The molecule has 0 saturated carbocycles. The van der Waals surface area contributed by atoms with Gasteiger partial charge in [-0.05, 0) is 30.7 Å². The first-order valence-electron chi connectivity index (χ1n) is 6.77. The van der Waals surface area contributed by atoms with Crippen LogP contribution in [0.1, 0.15) is 10.6 Å². The Morgan fingerprint density at radius 1 is 1.18 bits per heavy atom. The van der Waals surface area contributed by atoms with Crippen molar-refractivity contribution in [3.63, 3.8) is 0 Å². The molecule has 0 aliphatic rings. The van der Waals surface area contributed by atoms with Crippen LogP contribution in [0.4, 0.5) is 5.13 Å². The van der Waals surface area contributed by atoms with Crippen molar-refractivity contribution in [2.75, 3.05) is 5.32 Å². The van der Waals surface area contributed by atoms with Gasteiger partial charge in [0.25, 0.3) is 0 Å². The predicted octanol–water partition coefficient (Wildman–Crippen LogP) is 4.83. The Hall–Kier alpha value is -2.24. The Bertz CT molecular complexity index is 803. The summed E-state index contributed by atoms with van der Waals surface area (Å²) in [5, 5.41) is 5.29. The molecule has 1 N–H and O–H groups in total. The minimum atomic E-state index is -0.163. The monoisotopic (exact) mass is 326 g/mol. The molecule has 1 amide bonds. The van der Waals surface area contributed by atoms with Gasteiger partial charge in [-0.2, -0.15) is 0 Å². The van der Waals surface area contributed by atoms with Crippen LogP contribution in [-0.4, -0.2) is 10.9 Å². The van der Waals surface area contributed by atoms with Gasteiger partial charge in [-0.1, -0.05) is 30.3 Å². The van der Waals surface area contributed by atoms with E-state index in [0.717, 1.165) is 10.6 Å². The number of nitrogens with one attached hydrogen (secondary N) is 1. The van der Waals surface area contributed by atoms with Crippen LogP contribution in [0.3, 0.4) is 0 Å². The molecule has 110 valence electrons. The number of anilines is 1. The van der Waals surface area contributed by atoms with E-state index < -0.39 is 0 Å². The quantitative estimate of drug-likeness (QED) is 0.698. The number of hydrogen-bond donors (Lipinski definition) is 1. The zero-order chi connectivity index (χ0) is 15.4. The van der Waals surface area contributed by atoms with E-state index in [9.17, 15) is 4.79 Å². The molecular formula is C17H14N2OS2. The molecule has 3 rings (SSSR count). The van der Waals surface area contributed by atoms with Crippen molar-refractivity contribution in [1.82, 2.24) is 4.98 Å². The summed E-state index contributed by atoms with van der Waals surface area (Å²) >= 11 is 3.09. The fourth-order valence-corrected chi connectivity index (χ4v) is 3.52. The van der Waals surface area contributed by atoms with E-state index in [1.807, 2.05) is 42.6 Å². The van der Waals surface area contributed by atoms with Crippen molar-refractivity contribution in [3.8, 4) is 10.4 Å². The maximum Gasteiger partial charge on any atom is 0.250 e. The van der Waals surface area contributed by atoms with Crippen LogP contribution in [0.5, 0.6) is 0 Å². The maximum atomic E-state index is 11.8. The van der Waals surface area contributed by atoms with Gasteiger partial charge >= 0.3 is 0 Å². The number of rotatable bonds is 4. The normalized spacial score (nSPS) is 11.0. The van der Waals surface area contributed by atoms with Crippen LogP contribution in [-0.2, 0) is 4.79 Å². The minimum absolute atomic E-state index is 0.163. The number of nitrogens with zero attached hydrogens (tertiary/aromatic N) is 1. The van der Waals surface area contributed by atoms with Gasteiger partial charge in [0, 0.05) is 21.2 Å². The molecule has 0 aliphatic heterocycles. The third kappa shape index (κ3) is 3.69. The van der Waals surface area contributed by atoms with Crippen LogP contribution >= 0.6 is 22.7 Å². The Kier molecular flexibility index (Phi) is 4.46. The van der Waals surface area contributed by atoms with E-state index in [1.165, 1.54) is 27.9 Å². The highest BCUT2D eigenvalue weighted by Gasteiger charge is 2.03. The van der Waals surface area contributed by atoms with Crippen molar-refractivity contribution >= 4 is 39.8 Å². The Morgan fingerprint density at radius 2 is 2.00 bits per heavy atom. The first-order valence-corrected chi connectivity index (χ1v) is 8.47. The molecule has 0 radical (unpaired) electrons. The van der Waals surface area contributed by atoms with Crippen LogP contribution in [0.15, 0.2) is 53.9 Å². The second kappa shape index (κ2) is 6.68. The fourth-order valence-electron chi connectivity index (χ4n) is 1.92. The van der Waals surface area contributed by atoms with Crippen molar-refractivity contribution in [2.45, 2.75) is 6.92 Å². The van der Waals surface area contributed by atoms with Gasteiger partial charge < -0.3 is 0 Å². The standard InChI is InChI=1S/C17H14N2OS2/c1-12-11-21-17(18-12)19-16(20)10-8-14-7-9-15(22-14)13-5-3-2-4-6-13/h2-11H,1H3,(H,18,19,20)/b10-8+. The molecule has 3 nitrogen and oxygen atoms in total. The summed E-state index contributed by atoms with van der Waals surface area (Å²) in [4.78, 5) is 18.3. The van der Waals surface area contributed by atoms with E-state index in [-0.39, 0.29) is 5.91 Å². The number of aryl methyl sites for hydroxylation is 1. The van der Waals surface area contributed by atoms with Crippen molar-refractivity contribution in [1.29, 1.82) is 0 Å².